The van der Waals surface area contributed by atoms with Gasteiger partial charge >= 0.3 is 5.97 Å². The summed E-state index contributed by atoms with van der Waals surface area (Å²) in [6, 6.07) is 20.6. The summed E-state index contributed by atoms with van der Waals surface area (Å²) < 4.78 is 32.5. The predicted octanol–water partition coefficient (Wildman–Crippen LogP) is 3.63. The average Bonchev–Trinajstić information content (AvgIpc) is 2.77. The first-order valence-corrected chi connectivity index (χ1v) is 10.3. The van der Waals surface area contributed by atoms with Gasteiger partial charge in [-0.2, -0.15) is 0 Å². The van der Waals surface area contributed by atoms with E-state index in [0.29, 0.717) is 5.56 Å². The van der Waals surface area contributed by atoms with Gasteiger partial charge in [-0.15, -0.1) is 0 Å². The molecule has 154 valence electrons. The first-order chi connectivity index (χ1) is 14.4. The Balaban J connectivity index is 2.24. The number of hydrogen-bond acceptors (Lipinski definition) is 6. The number of rotatable bonds is 7. The lowest BCUT2D eigenvalue weighted by Gasteiger charge is -2.25. The van der Waals surface area contributed by atoms with Gasteiger partial charge in [0.15, 0.2) is 4.90 Å². The molecule has 0 radical (unpaired) electrons. The summed E-state index contributed by atoms with van der Waals surface area (Å²) in [6.45, 7) is -0.644. The van der Waals surface area contributed by atoms with Crippen molar-refractivity contribution >= 4 is 27.4 Å². The quantitative estimate of drug-likeness (QED) is 0.324. The number of hydrogen-bond donors (Lipinski definition) is 0. The van der Waals surface area contributed by atoms with E-state index in [-0.39, 0.29) is 5.69 Å². The van der Waals surface area contributed by atoms with Crippen molar-refractivity contribution < 1.29 is 22.9 Å². The maximum absolute atomic E-state index is 13.5. The zero-order chi connectivity index (χ0) is 21.7. The van der Waals surface area contributed by atoms with Crippen LogP contribution in [0.2, 0.25) is 0 Å². The minimum atomic E-state index is -4.47. The number of carbonyl (C=O) groups is 1. The standard InChI is InChI=1S/C21H18N2O6S/c1-29-21(24)15-22(30(27,28)20-14-8-7-13-19(20)23(25)26)18-12-6-5-11-17(18)16-9-3-2-4-10-16/h2-14H,15H2,1H3. The summed E-state index contributed by atoms with van der Waals surface area (Å²) in [7, 11) is -3.33. The van der Waals surface area contributed by atoms with Crippen molar-refractivity contribution in [2.24, 2.45) is 0 Å². The fourth-order valence-corrected chi connectivity index (χ4v) is 4.57. The molecule has 0 amide bonds. The Morgan fingerprint density at radius 2 is 1.57 bits per heavy atom. The zero-order valence-corrected chi connectivity index (χ0v) is 16.8. The Kier molecular flexibility index (Phi) is 6.12. The molecule has 0 N–H and O–H groups in total. The maximum atomic E-state index is 13.5. The van der Waals surface area contributed by atoms with Crippen LogP contribution < -0.4 is 4.31 Å². The van der Waals surface area contributed by atoms with Crippen molar-refractivity contribution in [3.8, 4) is 11.1 Å². The topological polar surface area (TPSA) is 107 Å². The molecular weight excluding hydrogens is 408 g/mol. The lowest BCUT2D eigenvalue weighted by Crippen LogP contribution is -2.37. The molecule has 0 aliphatic rings. The van der Waals surface area contributed by atoms with Gasteiger partial charge in [-0.3, -0.25) is 19.2 Å². The van der Waals surface area contributed by atoms with Crippen LogP contribution in [0.1, 0.15) is 0 Å². The van der Waals surface area contributed by atoms with Crippen LogP contribution in [-0.4, -0.2) is 33.0 Å². The van der Waals surface area contributed by atoms with Gasteiger partial charge in [-0.25, -0.2) is 8.42 Å². The van der Waals surface area contributed by atoms with Crippen molar-refractivity contribution in [3.05, 3.63) is 89.0 Å². The molecule has 0 heterocycles. The number of nitro groups is 1. The van der Waals surface area contributed by atoms with E-state index in [0.717, 1.165) is 29.1 Å². The van der Waals surface area contributed by atoms with E-state index in [1.807, 2.05) is 6.07 Å². The SMILES string of the molecule is COC(=O)CN(c1ccccc1-c1ccccc1)S(=O)(=O)c1ccccc1[N+](=O)[O-]. The third-order valence-corrected chi connectivity index (χ3v) is 6.20. The highest BCUT2D eigenvalue weighted by Crippen LogP contribution is 2.36. The van der Waals surface area contributed by atoms with Gasteiger partial charge in [0.1, 0.15) is 6.54 Å². The number of sulfonamides is 1. The van der Waals surface area contributed by atoms with Gasteiger partial charge in [-0.05, 0) is 17.7 Å². The number of para-hydroxylation sites is 2. The number of methoxy groups -OCH3 is 1. The van der Waals surface area contributed by atoms with Crippen LogP contribution in [0.15, 0.2) is 83.8 Å². The van der Waals surface area contributed by atoms with Gasteiger partial charge in [0, 0.05) is 11.6 Å². The molecule has 0 saturated heterocycles. The van der Waals surface area contributed by atoms with Gasteiger partial charge < -0.3 is 4.74 Å². The van der Waals surface area contributed by atoms with Crippen LogP contribution in [0.25, 0.3) is 11.1 Å². The first kappa shape index (κ1) is 21.0. The van der Waals surface area contributed by atoms with Gasteiger partial charge in [0.05, 0.1) is 17.7 Å². The molecule has 0 spiro atoms. The van der Waals surface area contributed by atoms with E-state index in [4.69, 9.17) is 0 Å². The van der Waals surface area contributed by atoms with E-state index >= 15 is 0 Å². The van der Waals surface area contributed by atoms with E-state index in [9.17, 15) is 23.3 Å². The molecule has 0 saturated carbocycles. The second-order valence-corrected chi connectivity index (χ2v) is 8.03. The fraction of sp³-hybridized carbons (Fsp3) is 0.0952. The summed E-state index contributed by atoms with van der Waals surface area (Å²) >= 11 is 0. The number of nitrogens with zero attached hydrogens (tertiary/aromatic N) is 2. The number of ether oxygens (including phenoxy) is 1. The van der Waals surface area contributed by atoms with Crippen molar-refractivity contribution in [2.75, 3.05) is 18.0 Å². The predicted molar refractivity (Wildman–Crippen MR) is 112 cm³/mol. The molecule has 9 heteroatoms. The molecule has 8 nitrogen and oxygen atoms in total. The lowest BCUT2D eigenvalue weighted by atomic mass is 10.0. The third kappa shape index (κ3) is 4.15. The maximum Gasteiger partial charge on any atom is 0.326 e. The molecule has 3 aromatic carbocycles. The monoisotopic (exact) mass is 426 g/mol. The molecule has 0 fully saturated rings. The van der Waals surface area contributed by atoms with E-state index in [1.165, 1.54) is 18.2 Å². The minimum absolute atomic E-state index is 0.201. The second kappa shape index (κ2) is 8.75. The third-order valence-electron chi connectivity index (χ3n) is 4.39. The van der Waals surface area contributed by atoms with E-state index in [2.05, 4.69) is 4.74 Å². The summed E-state index contributed by atoms with van der Waals surface area (Å²) in [5.74, 6) is -0.806. The second-order valence-electron chi connectivity index (χ2n) is 6.20. The van der Waals surface area contributed by atoms with Gasteiger partial charge in [0.2, 0.25) is 0 Å². The van der Waals surface area contributed by atoms with Gasteiger partial charge in [0.25, 0.3) is 15.7 Å². The van der Waals surface area contributed by atoms with Crippen molar-refractivity contribution in [1.29, 1.82) is 0 Å². The Morgan fingerprint density at radius 1 is 0.967 bits per heavy atom. The Morgan fingerprint density at radius 3 is 2.23 bits per heavy atom. The summed E-state index contributed by atoms with van der Waals surface area (Å²) in [6.07, 6.45) is 0. The van der Waals surface area contributed by atoms with Gasteiger partial charge in [-0.1, -0.05) is 60.7 Å². The van der Waals surface area contributed by atoms with Crippen LogP contribution in [0.4, 0.5) is 11.4 Å². The average molecular weight is 426 g/mol. The lowest BCUT2D eigenvalue weighted by molar-refractivity contribution is -0.387. The summed E-state index contributed by atoms with van der Waals surface area (Å²) in [5, 5.41) is 11.4. The molecule has 3 aromatic rings. The number of nitro benzene ring substituents is 1. The number of benzene rings is 3. The molecule has 0 aliphatic heterocycles. The number of esters is 1. The molecule has 0 aromatic heterocycles. The highest BCUT2D eigenvalue weighted by molar-refractivity contribution is 7.93. The number of anilines is 1. The van der Waals surface area contributed by atoms with E-state index in [1.54, 1.807) is 42.5 Å². The molecule has 0 atom stereocenters. The largest absolute Gasteiger partial charge is 0.468 e. The first-order valence-electron chi connectivity index (χ1n) is 8.83. The Hall–Kier alpha value is -3.72. The molecule has 30 heavy (non-hydrogen) atoms. The molecule has 0 aliphatic carbocycles. The summed E-state index contributed by atoms with van der Waals surface area (Å²) in [4.78, 5) is 22.2. The fourth-order valence-electron chi connectivity index (χ4n) is 2.98. The Bertz CT molecular complexity index is 1180. The van der Waals surface area contributed by atoms with Crippen LogP contribution >= 0.6 is 0 Å². The summed E-state index contributed by atoms with van der Waals surface area (Å²) in [5.41, 5.74) is 0.890. The minimum Gasteiger partial charge on any atom is -0.468 e. The van der Waals surface area contributed by atoms with Crippen LogP contribution in [0.5, 0.6) is 0 Å². The van der Waals surface area contributed by atoms with Crippen LogP contribution in [-0.2, 0) is 19.6 Å². The Labute approximate surface area is 173 Å². The van der Waals surface area contributed by atoms with Crippen LogP contribution in [0, 0.1) is 10.1 Å². The molecule has 3 rings (SSSR count). The van der Waals surface area contributed by atoms with Crippen molar-refractivity contribution in [3.63, 3.8) is 0 Å². The highest BCUT2D eigenvalue weighted by Gasteiger charge is 2.34. The number of carbonyl (C=O) groups excluding carboxylic acids is 1. The van der Waals surface area contributed by atoms with Crippen molar-refractivity contribution in [1.82, 2.24) is 0 Å². The van der Waals surface area contributed by atoms with Crippen molar-refractivity contribution in [2.45, 2.75) is 4.90 Å². The molecule has 0 unspecified atom stereocenters. The molecule has 0 bridgehead atoms. The highest BCUT2D eigenvalue weighted by atomic mass is 32.2. The zero-order valence-electron chi connectivity index (χ0n) is 16.0. The van der Waals surface area contributed by atoms with E-state index < -0.39 is 38.0 Å². The van der Waals surface area contributed by atoms with Crippen LogP contribution in [0.3, 0.4) is 0 Å². The normalized spacial score (nSPS) is 11.0. The smallest absolute Gasteiger partial charge is 0.326 e. The molecular formula is C21H18N2O6S.